The highest BCUT2D eigenvalue weighted by Crippen LogP contribution is 2.19. The number of hydrogen-bond donors (Lipinski definition) is 0. The Morgan fingerprint density at radius 2 is 1.14 bits per heavy atom. The minimum absolute atomic E-state index is 1.03. The maximum atomic E-state index is 3.54. The first-order valence-corrected chi connectivity index (χ1v) is 17.2. The highest BCUT2D eigenvalue weighted by Gasteiger charge is 2.20. The van der Waals surface area contributed by atoms with Crippen molar-refractivity contribution in [2.75, 3.05) is 0 Å². The normalized spacial score (nSPS) is 12.5. The van der Waals surface area contributed by atoms with Gasteiger partial charge in [-0.3, -0.25) is 0 Å². The Hall–Kier alpha value is -2.53. The molecule has 2 heteroatoms. The second-order valence-corrected chi connectivity index (χ2v) is 19.3. The lowest BCUT2D eigenvalue weighted by atomic mass is 10.1. The zero-order valence-electron chi connectivity index (χ0n) is 18.9. The van der Waals surface area contributed by atoms with Crippen LogP contribution in [0.2, 0.25) is 39.3 Å². The molecule has 0 radical (unpaired) electrons. The van der Waals surface area contributed by atoms with Gasteiger partial charge in [0.2, 0.25) is 0 Å². The Balaban J connectivity index is 2.30. The van der Waals surface area contributed by atoms with Gasteiger partial charge in [-0.25, -0.2) is 0 Å². The Kier molecular flexibility index (Phi) is 7.69. The molecule has 0 saturated carbocycles. The molecule has 0 aromatic heterocycles. The maximum Gasteiger partial charge on any atom is 0.0884 e. The maximum absolute atomic E-state index is 3.54. The van der Waals surface area contributed by atoms with Gasteiger partial charge in [0.15, 0.2) is 0 Å². The van der Waals surface area contributed by atoms with E-state index in [1.54, 1.807) is 0 Å². The van der Waals surface area contributed by atoms with Crippen LogP contribution in [0.15, 0.2) is 71.1 Å². The standard InChI is InChI=1S/C27H32Si2/c1-8-26(28(2,3)4)20-21-27(29(5,6)7)22-25-18-16-24(17-19-25)15-14-23-12-10-9-11-13-23/h8-13,16-19,22H,1-7H3/b26-8+,27-22+. The molecule has 0 atom stereocenters. The lowest BCUT2D eigenvalue weighted by Crippen LogP contribution is -2.24. The van der Waals surface area contributed by atoms with E-state index in [-0.39, 0.29) is 0 Å². The molecule has 0 aliphatic heterocycles. The predicted octanol–water partition coefficient (Wildman–Crippen LogP) is 7.17. The van der Waals surface area contributed by atoms with Gasteiger partial charge in [0.25, 0.3) is 0 Å². The molecule has 0 fully saturated rings. The van der Waals surface area contributed by atoms with E-state index in [9.17, 15) is 0 Å². The summed E-state index contributed by atoms with van der Waals surface area (Å²) in [5.74, 6) is 13.5. The molecule has 148 valence electrons. The van der Waals surface area contributed by atoms with Gasteiger partial charge >= 0.3 is 0 Å². The molecular weight excluding hydrogens is 380 g/mol. The molecule has 2 aromatic carbocycles. The number of benzene rings is 2. The quantitative estimate of drug-likeness (QED) is 0.370. The average molecular weight is 413 g/mol. The third kappa shape index (κ3) is 7.43. The first-order valence-electron chi connectivity index (χ1n) is 10.2. The minimum Gasteiger partial charge on any atom is -0.0802 e. The van der Waals surface area contributed by atoms with E-state index in [1.807, 2.05) is 30.3 Å². The molecule has 0 saturated heterocycles. The van der Waals surface area contributed by atoms with Crippen molar-refractivity contribution in [3.8, 4) is 23.7 Å². The SMILES string of the molecule is C/C=C(\C#C/C(=C\c1ccc(C#Cc2ccccc2)cc1)[Si](C)(C)C)[Si](C)(C)C. The van der Waals surface area contributed by atoms with Crippen LogP contribution in [0.4, 0.5) is 0 Å². The molecular formula is C27H32Si2. The van der Waals surface area contributed by atoms with Crippen molar-refractivity contribution in [2.45, 2.75) is 46.2 Å². The Morgan fingerprint density at radius 3 is 1.62 bits per heavy atom. The first-order chi connectivity index (χ1) is 13.6. The monoisotopic (exact) mass is 412 g/mol. The van der Waals surface area contributed by atoms with Crippen molar-refractivity contribution in [3.05, 3.63) is 87.8 Å². The molecule has 0 unspecified atom stereocenters. The van der Waals surface area contributed by atoms with Crippen LogP contribution in [0.5, 0.6) is 0 Å². The largest absolute Gasteiger partial charge is 0.0884 e. The second-order valence-electron chi connectivity index (χ2n) is 9.25. The number of rotatable bonds is 3. The van der Waals surface area contributed by atoms with Crippen LogP contribution in [0.1, 0.15) is 23.6 Å². The van der Waals surface area contributed by atoms with Crippen LogP contribution in [-0.4, -0.2) is 16.1 Å². The summed E-state index contributed by atoms with van der Waals surface area (Å²) in [7, 11) is -2.92. The fourth-order valence-electron chi connectivity index (χ4n) is 2.76. The van der Waals surface area contributed by atoms with Crippen LogP contribution in [-0.2, 0) is 0 Å². The summed E-state index contributed by atoms with van der Waals surface area (Å²) in [6.45, 7) is 16.2. The molecule has 0 bridgehead atoms. The summed E-state index contributed by atoms with van der Waals surface area (Å²) in [4.78, 5) is 0. The molecule has 0 N–H and O–H groups in total. The van der Waals surface area contributed by atoms with Crippen molar-refractivity contribution in [1.29, 1.82) is 0 Å². The Bertz CT molecular complexity index is 1000. The van der Waals surface area contributed by atoms with Crippen LogP contribution < -0.4 is 0 Å². The molecule has 29 heavy (non-hydrogen) atoms. The number of allylic oxidation sites excluding steroid dienone is 3. The Morgan fingerprint density at radius 1 is 0.655 bits per heavy atom. The van der Waals surface area contributed by atoms with Gasteiger partial charge in [0, 0.05) is 11.1 Å². The van der Waals surface area contributed by atoms with Crippen molar-refractivity contribution < 1.29 is 0 Å². The van der Waals surface area contributed by atoms with E-state index < -0.39 is 16.1 Å². The first kappa shape index (κ1) is 22.8. The summed E-state index contributed by atoms with van der Waals surface area (Å²) in [6.07, 6.45) is 4.46. The van der Waals surface area contributed by atoms with E-state index in [4.69, 9.17) is 0 Å². The molecule has 2 rings (SSSR count). The van der Waals surface area contributed by atoms with Crippen LogP contribution in [0.3, 0.4) is 0 Å². The zero-order valence-corrected chi connectivity index (χ0v) is 20.9. The van der Waals surface area contributed by atoms with Gasteiger partial charge in [-0.15, -0.1) is 0 Å². The predicted molar refractivity (Wildman–Crippen MR) is 135 cm³/mol. The topological polar surface area (TPSA) is 0 Å². The highest BCUT2D eigenvalue weighted by molar-refractivity contribution is 6.85. The van der Waals surface area contributed by atoms with Crippen molar-refractivity contribution in [1.82, 2.24) is 0 Å². The third-order valence-corrected chi connectivity index (χ3v) is 8.50. The van der Waals surface area contributed by atoms with E-state index in [0.717, 1.165) is 11.1 Å². The molecule has 2 aromatic rings. The highest BCUT2D eigenvalue weighted by atomic mass is 28.3. The van der Waals surface area contributed by atoms with Gasteiger partial charge in [0.1, 0.15) is 0 Å². The Labute approximate surface area is 179 Å². The van der Waals surface area contributed by atoms with Gasteiger partial charge in [0.05, 0.1) is 16.1 Å². The molecule has 0 heterocycles. The molecule has 0 aliphatic rings. The smallest absolute Gasteiger partial charge is 0.0802 e. The zero-order chi connectivity index (χ0) is 21.5. The van der Waals surface area contributed by atoms with Gasteiger partial charge in [-0.05, 0) is 53.2 Å². The lowest BCUT2D eigenvalue weighted by molar-refractivity contribution is 1.59. The summed E-state index contributed by atoms with van der Waals surface area (Å²) in [5.41, 5.74) is 3.26. The summed E-state index contributed by atoms with van der Waals surface area (Å²) in [5, 5.41) is 2.62. The fraction of sp³-hybridized carbons (Fsp3) is 0.259. The van der Waals surface area contributed by atoms with E-state index in [1.165, 1.54) is 16.0 Å². The van der Waals surface area contributed by atoms with E-state index >= 15 is 0 Å². The molecule has 0 spiro atoms. The van der Waals surface area contributed by atoms with Crippen molar-refractivity contribution in [3.63, 3.8) is 0 Å². The average Bonchev–Trinajstić information content (AvgIpc) is 2.66. The fourth-order valence-corrected chi connectivity index (χ4v) is 5.10. The van der Waals surface area contributed by atoms with Crippen molar-refractivity contribution >= 4 is 22.2 Å². The van der Waals surface area contributed by atoms with Crippen LogP contribution in [0, 0.1) is 23.7 Å². The number of hydrogen-bond acceptors (Lipinski definition) is 0. The van der Waals surface area contributed by atoms with Gasteiger partial charge in [-0.1, -0.05) is 99.4 Å². The molecule has 0 aliphatic carbocycles. The van der Waals surface area contributed by atoms with Gasteiger partial charge in [-0.2, -0.15) is 0 Å². The van der Waals surface area contributed by atoms with Crippen molar-refractivity contribution in [2.24, 2.45) is 0 Å². The summed E-state index contributed by atoms with van der Waals surface area (Å²) >= 11 is 0. The van der Waals surface area contributed by atoms with Crippen LogP contribution in [0.25, 0.3) is 6.08 Å². The molecule has 0 amide bonds. The summed E-state index contributed by atoms with van der Waals surface area (Å²) in [6, 6.07) is 18.6. The summed E-state index contributed by atoms with van der Waals surface area (Å²) < 4.78 is 0. The van der Waals surface area contributed by atoms with Gasteiger partial charge < -0.3 is 0 Å². The molecule has 0 nitrogen and oxygen atoms in total. The van der Waals surface area contributed by atoms with Crippen LogP contribution >= 0.6 is 0 Å². The minimum atomic E-state index is -1.53. The second kappa shape index (κ2) is 9.79. The van der Waals surface area contributed by atoms with E-state index in [0.29, 0.717) is 0 Å². The van der Waals surface area contributed by atoms with E-state index in [2.05, 4.69) is 106 Å². The lowest BCUT2D eigenvalue weighted by Gasteiger charge is -2.18. The third-order valence-electron chi connectivity index (χ3n) is 4.58.